The van der Waals surface area contributed by atoms with Crippen molar-refractivity contribution in [2.75, 3.05) is 33.1 Å². The third kappa shape index (κ3) is 4.20. The minimum Gasteiger partial charge on any atom is -0.511 e. The topological polar surface area (TPSA) is 174 Å². The Labute approximate surface area is 239 Å². The van der Waals surface area contributed by atoms with Crippen LogP contribution < -0.4 is 16.4 Å². The number of ketones is 1. The molecule has 0 aliphatic heterocycles. The lowest BCUT2D eigenvalue weighted by Gasteiger charge is -2.52. The quantitative estimate of drug-likeness (QED) is 0.320. The van der Waals surface area contributed by atoms with Crippen LogP contribution in [-0.2, 0) is 17.8 Å². The van der Waals surface area contributed by atoms with Gasteiger partial charge in [0.15, 0.2) is 5.78 Å². The Morgan fingerprint density at radius 3 is 2.24 bits per heavy atom. The number of aliphatic hydroxyl groups excluding tert-OH is 2. The fourth-order valence-corrected chi connectivity index (χ4v) is 7.37. The highest BCUT2D eigenvalue weighted by atomic mass is 16.3. The first-order valence-electron chi connectivity index (χ1n) is 13.7. The average Bonchev–Trinajstić information content (AvgIpc) is 2.87. The molecule has 0 radical (unpaired) electrons. The van der Waals surface area contributed by atoms with Gasteiger partial charge in [-0.25, -0.2) is 0 Å². The van der Waals surface area contributed by atoms with E-state index in [9.17, 15) is 30.0 Å². The van der Waals surface area contributed by atoms with Crippen molar-refractivity contribution in [2.45, 2.75) is 38.0 Å². The number of nitrogens with zero attached hydrogens (tertiary/aromatic N) is 2. The van der Waals surface area contributed by atoms with E-state index in [1.54, 1.807) is 19.0 Å². The second kappa shape index (κ2) is 9.90. The van der Waals surface area contributed by atoms with Crippen LogP contribution in [0.15, 0.2) is 53.0 Å². The molecule has 0 aromatic heterocycles. The first-order valence-corrected chi connectivity index (χ1v) is 13.7. The molecule has 0 saturated carbocycles. The Bertz CT molecular complexity index is 1510. The Hall–Kier alpha value is -3.86. The molecule has 2 aromatic carbocycles. The fraction of sp³-hybridized carbons (Fsp3) is 0.419. The van der Waals surface area contributed by atoms with Crippen LogP contribution in [0.3, 0.4) is 0 Å². The number of likely N-dealkylation sites (N-methyl/N-ethyl adjacent to an activating group) is 1. The molecule has 4 unspecified atom stereocenters. The van der Waals surface area contributed by atoms with Crippen LogP contribution in [0.1, 0.15) is 34.8 Å². The number of carbonyl (C=O) groups excluding carboxylic acids is 2. The number of anilines is 1. The van der Waals surface area contributed by atoms with Gasteiger partial charge < -0.3 is 36.8 Å². The number of hydrogen-bond acceptors (Lipinski definition) is 9. The van der Waals surface area contributed by atoms with E-state index < -0.39 is 41.1 Å². The first kappa shape index (κ1) is 28.7. The van der Waals surface area contributed by atoms with E-state index in [0.29, 0.717) is 24.0 Å². The van der Waals surface area contributed by atoms with E-state index in [2.05, 4.69) is 0 Å². The summed E-state index contributed by atoms with van der Waals surface area (Å²) in [6.45, 7) is 1.32. The number of amides is 1. The largest absolute Gasteiger partial charge is 0.511 e. The molecule has 0 bridgehead atoms. The van der Waals surface area contributed by atoms with Crippen LogP contribution in [-0.4, -0.2) is 76.9 Å². The van der Waals surface area contributed by atoms with Gasteiger partial charge in [0.2, 0.25) is 0 Å². The van der Waals surface area contributed by atoms with Crippen molar-refractivity contribution >= 4 is 17.4 Å². The normalized spacial score (nSPS) is 27.5. The van der Waals surface area contributed by atoms with Crippen LogP contribution >= 0.6 is 0 Å². The molecule has 0 fully saturated rings. The maximum atomic E-state index is 14.2. The van der Waals surface area contributed by atoms with Gasteiger partial charge in [0.05, 0.1) is 23.1 Å². The number of hydrogen-bond donors (Lipinski definition) is 6. The lowest BCUT2D eigenvalue weighted by Crippen LogP contribution is -2.59. The third-order valence-corrected chi connectivity index (χ3v) is 9.14. The highest BCUT2D eigenvalue weighted by Crippen LogP contribution is 2.55. The van der Waals surface area contributed by atoms with Crippen LogP contribution in [0, 0.1) is 17.8 Å². The lowest BCUT2D eigenvalue weighted by molar-refractivity contribution is -0.120. The van der Waals surface area contributed by atoms with E-state index in [-0.39, 0.29) is 40.5 Å². The summed E-state index contributed by atoms with van der Waals surface area (Å²) in [6, 6.07) is 8.95. The van der Waals surface area contributed by atoms with E-state index in [1.807, 2.05) is 49.3 Å². The van der Waals surface area contributed by atoms with Crippen LogP contribution in [0.5, 0.6) is 5.75 Å². The second-order valence-corrected chi connectivity index (χ2v) is 12.0. The number of phenolic OH excluding ortho intramolecular Hbond substituents is 1. The SMILES string of the molecule is CN(C)c1ccc(-c2cc(CN)c(O)c3c2CC2CC4C(C(O)=C2C3=O)C(C)(O)C(C(N)=O)=C(O)[C@H]4N(C)C)cc1. The Morgan fingerprint density at radius 2 is 1.71 bits per heavy atom. The van der Waals surface area contributed by atoms with Gasteiger partial charge in [0, 0.05) is 37.5 Å². The minimum atomic E-state index is -2.03. The standard InChI is InChI=1S/C31H38N4O6/c1-31(41)23-20(25(35(4)5)29(39)24(31)30(33)40)11-15-10-19-18(14-6-8-17(9-7-14)34(2)3)12-16(13-32)26(36)22(19)27(37)21(15)28(23)38/h6-9,12,15,20,23,25,36,38-39,41H,10-11,13,32H2,1-5H3,(H2,33,40)/t15?,20?,23?,25-,31?/m0/s1. The smallest absolute Gasteiger partial charge is 0.251 e. The molecule has 3 aliphatic rings. The number of rotatable bonds is 5. The molecule has 0 saturated heterocycles. The van der Waals surface area contributed by atoms with Gasteiger partial charge in [-0.15, -0.1) is 0 Å². The summed E-state index contributed by atoms with van der Waals surface area (Å²) in [4.78, 5) is 30.3. The molecule has 10 heteroatoms. The number of aliphatic hydroxyl groups is 3. The number of Topliss-reactive ketones (excluding diaryl/α,β-unsaturated/α-hetero) is 1. The molecule has 2 aromatic rings. The maximum Gasteiger partial charge on any atom is 0.251 e. The summed E-state index contributed by atoms with van der Waals surface area (Å²) >= 11 is 0. The zero-order chi connectivity index (χ0) is 30.1. The van der Waals surface area contributed by atoms with E-state index in [4.69, 9.17) is 11.5 Å². The number of fused-ring (bicyclic) bond motifs is 3. The molecular weight excluding hydrogens is 524 g/mol. The first-order chi connectivity index (χ1) is 19.2. The lowest BCUT2D eigenvalue weighted by atomic mass is 9.56. The molecule has 0 spiro atoms. The highest BCUT2D eigenvalue weighted by Gasteiger charge is 2.59. The molecule has 41 heavy (non-hydrogen) atoms. The highest BCUT2D eigenvalue weighted by molar-refractivity contribution is 6.14. The molecule has 0 heterocycles. The summed E-state index contributed by atoms with van der Waals surface area (Å²) in [5.74, 6) is -4.52. The van der Waals surface area contributed by atoms with Crippen molar-refractivity contribution in [1.82, 2.24) is 4.90 Å². The summed E-state index contributed by atoms with van der Waals surface area (Å²) in [6.07, 6.45) is 0.672. The number of carbonyl (C=O) groups is 2. The van der Waals surface area contributed by atoms with Gasteiger partial charge >= 0.3 is 0 Å². The van der Waals surface area contributed by atoms with Gasteiger partial charge in [-0.3, -0.25) is 14.5 Å². The zero-order valence-corrected chi connectivity index (χ0v) is 24.0. The molecule has 5 rings (SSSR count). The van der Waals surface area contributed by atoms with Gasteiger partial charge in [0.1, 0.15) is 22.9 Å². The van der Waals surface area contributed by atoms with Crippen molar-refractivity contribution in [3.8, 4) is 16.9 Å². The average molecular weight is 563 g/mol. The van der Waals surface area contributed by atoms with Crippen molar-refractivity contribution in [2.24, 2.45) is 29.2 Å². The van der Waals surface area contributed by atoms with Gasteiger partial charge in [-0.2, -0.15) is 0 Å². The van der Waals surface area contributed by atoms with E-state index in [1.165, 1.54) is 6.92 Å². The fourth-order valence-electron chi connectivity index (χ4n) is 7.37. The van der Waals surface area contributed by atoms with Crippen molar-refractivity contribution in [3.05, 3.63) is 69.7 Å². The van der Waals surface area contributed by atoms with Crippen molar-refractivity contribution in [1.29, 1.82) is 0 Å². The summed E-state index contributed by atoms with van der Waals surface area (Å²) < 4.78 is 0. The Balaban J connectivity index is 1.72. The number of allylic oxidation sites excluding steroid dienone is 1. The molecule has 3 aliphatic carbocycles. The monoisotopic (exact) mass is 562 g/mol. The van der Waals surface area contributed by atoms with Crippen LogP contribution in [0.2, 0.25) is 0 Å². The maximum absolute atomic E-state index is 14.2. The molecule has 8 N–H and O–H groups in total. The molecule has 1 amide bonds. The number of phenols is 1. The number of benzene rings is 2. The predicted octanol–water partition coefficient (Wildman–Crippen LogP) is 2.38. The number of aromatic hydroxyl groups is 1. The number of nitrogens with two attached hydrogens (primary N) is 2. The van der Waals surface area contributed by atoms with Crippen LogP contribution in [0.25, 0.3) is 11.1 Å². The van der Waals surface area contributed by atoms with E-state index in [0.717, 1.165) is 16.8 Å². The molecular formula is C31H38N4O6. The predicted molar refractivity (Wildman–Crippen MR) is 155 cm³/mol. The molecule has 5 atom stereocenters. The summed E-state index contributed by atoms with van der Waals surface area (Å²) in [5.41, 5.74) is 13.0. The van der Waals surface area contributed by atoms with Crippen LogP contribution in [0.4, 0.5) is 5.69 Å². The van der Waals surface area contributed by atoms with Gasteiger partial charge in [-0.05, 0) is 80.6 Å². The van der Waals surface area contributed by atoms with Gasteiger partial charge in [0.25, 0.3) is 5.91 Å². The van der Waals surface area contributed by atoms with Gasteiger partial charge in [-0.1, -0.05) is 12.1 Å². The number of primary amides is 1. The minimum absolute atomic E-state index is 0.000396. The van der Waals surface area contributed by atoms with E-state index >= 15 is 0 Å². The second-order valence-electron chi connectivity index (χ2n) is 12.0. The third-order valence-electron chi connectivity index (χ3n) is 9.14. The summed E-state index contributed by atoms with van der Waals surface area (Å²) in [5, 5.41) is 45.7. The van der Waals surface area contributed by atoms with Crippen molar-refractivity contribution < 1.29 is 30.0 Å². The van der Waals surface area contributed by atoms with Crippen molar-refractivity contribution in [3.63, 3.8) is 0 Å². The molecule has 10 nitrogen and oxygen atoms in total. The Kier molecular flexibility index (Phi) is 6.92. The Morgan fingerprint density at radius 1 is 1.07 bits per heavy atom. The zero-order valence-electron chi connectivity index (χ0n) is 24.0. The summed E-state index contributed by atoms with van der Waals surface area (Å²) in [7, 11) is 7.36. The molecule has 218 valence electrons.